The van der Waals surface area contributed by atoms with Gasteiger partial charge >= 0.3 is 0 Å². The summed E-state index contributed by atoms with van der Waals surface area (Å²) in [5, 5.41) is 10.3. The average Bonchev–Trinajstić information content (AvgIpc) is 2.54. The molecule has 1 fully saturated rings. The molecule has 1 aromatic heterocycles. The molecule has 1 aliphatic rings. The summed E-state index contributed by atoms with van der Waals surface area (Å²) in [4.78, 5) is 6.66. The van der Waals surface area contributed by atoms with E-state index in [4.69, 9.17) is 0 Å². The lowest BCUT2D eigenvalue weighted by atomic mass is 9.96. The molecule has 3 nitrogen and oxygen atoms in total. The molecule has 3 heteroatoms. The highest BCUT2D eigenvalue weighted by Crippen LogP contribution is 2.29. The molecule has 1 aliphatic heterocycles. The lowest BCUT2D eigenvalue weighted by molar-refractivity contribution is 0.109. The first-order valence-electron chi connectivity index (χ1n) is 8.49. The van der Waals surface area contributed by atoms with Crippen LogP contribution in [0.2, 0.25) is 0 Å². The maximum atomic E-state index is 10.3. The molecule has 0 bridgehead atoms. The molecule has 1 aromatic rings. The van der Waals surface area contributed by atoms with Crippen molar-refractivity contribution in [2.24, 2.45) is 0 Å². The fourth-order valence-electron chi connectivity index (χ4n) is 3.05. The standard InChI is InChI=1S/C19H28N2O/c1-3-4-11-19(2,22)12-8-15-21-14-6-5-10-18(21)17-9-7-13-20-16-17/h7,9,13,16,18,22H,3-6,10-11,14-15H2,1-2H3/t18-,19-/m1/s1. The molecule has 22 heavy (non-hydrogen) atoms. The predicted molar refractivity (Wildman–Crippen MR) is 90.3 cm³/mol. The first kappa shape index (κ1) is 17.0. The quantitative estimate of drug-likeness (QED) is 0.845. The van der Waals surface area contributed by atoms with E-state index in [0.717, 1.165) is 32.4 Å². The van der Waals surface area contributed by atoms with Crippen molar-refractivity contribution >= 4 is 0 Å². The summed E-state index contributed by atoms with van der Waals surface area (Å²) in [6, 6.07) is 4.57. The van der Waals surface area contributed by atoms with Gasteiger partial charge in [-0.25, -0.2) is 0 Å². The van der Waals surface area contributed by atoms with Gasteiger partial charge in [-0.05, 0) is 50.8 Å². The van der Waals surface area contributed by atoms with Gasteiger partial charge in [0.05, 0.1) is 6.54 Å². The first-order valence-corrected chi connectivity index (χ1v) is 8.49. The number of rotatable bonds is 5. The monoisotopic (exact) mass is 300 g/mol. The second-order valence-electron chi connectivity index (χ2n) is 6.45. The number of hydrogen-bond donors (Lipinski definition) is 1. The van der Waals surface area contributed by atoms with Crippen LogP contribution >= 0.6 is 0 Å². The van der Waals surface area contributed by atoms with Crippen LogP contribution in [-0.2, 0) is 0 Å². The summed E-state index contributed by atoms with van der Waals surface area (Å²) >= 11 is 0. The summed E-state index contributed by atoms with van der Waals surface area (Å²) in [6.07, 6.45) is 10.3. The van der Waals surface area contributed by atoms with E-state index in [1.54, 1.807) is 0 Å². The van der Waals surface area contributed by atoms with Crippen molar-refractivity contribution in [3.8, 4) is 11.8 Å². The van der Waals surface area contributed by atoms with Crippen LogP contribution in [0.25, 0.3) is 0 Å². The number of pyridine rings is 1. The molecule has 1 N–H and O–H groups in total. The second kappa shape index (κ2) is 8.31. The fourth-order valence-corrected chi connectivity index (χ4v) is 3.05. The maximum Gasteiger partial charge on any atom is 0.122 e. The molecule has 2 atom stereocenters. The Hall–Kier alpha value is -1.37. The van der Waals surface area contributed by atoms with Gasteiger partial charge in [0.2, 0.25) is 0 Å². The van der Waals surface area contributed by atoms with Gasteiger partial charge in [-0.2, -0.15) is 0 Å². The van der Waals surface area contributed by atoms with E-state index in [9.17, 15) is 5.11 Å². The van der Waals surface area contributed by atoms with Crippen LogP contribution in [-0.4, -0.2) is 33.7 Å². The van der Waals surface area contributed by atoms with Gasteiger partial charge in [0.1, 0.15) is 5.60 Å². The topological polar surface area (TPSA) is 36.4 Å². The Morgan fingerprint density at radius 1 is 1.45 bits per heavy atom. The minimum absolute atomic E-state index is 0.414. The lowest BCUT2D eigenvalue weighted by Gasteiger charge is -2.34. The van der Waals surface area contributed by atoms with E-state index in [1.165, 1.54) is 24.8 Å². The third kappa shape index (κ3) is 5.12. The Bertz CT molecular complexity index is 501. The van der Waals surface area contributed by atoms with Gasteiger partial charge < -0.3 is 5.11 Å². The molecule has 0 saturated carbocycles. The van der Waals surface area contributed by atoms with Crippen molar-refractivity contribution in [2.45, 2.75) is 64.0 Å². The summed E-state index contributed by atoms with van der Waals surface area (Å²) in [7, 11) is 0. The van der Waals surface area contributed by atoms with Crippen LogP contribution in [0, 0.1) is 11.8 Å². The van der Waals surface area contributed by atoms with Crippen molar-refractivity contribution in [2.75, 3.05) is 13.1 Å². The zero-order valence-corrected chi connectivity index (χ0v) is 13.9. The Kier molecular flexibility index (Phi) is 6.42. The van der Waals surface area contributed by atoms with Crippen molar-refractivity contribution in [3.63, 3.8) is 0 Å². The van der Waals surface area contributed by atoms with Crippen molar-refractivity contribution in [3.05, 3.63) is 30.1 Å². The molecule has 0 radical (unpaired) electrons. The van der Waals surface area contributed by atoms with Crippen LogP contribution in [0.5, 0.6) is 0 Å². The van der Waals surface area contributed by atoms with E-state index in [1.807, 2.05) is 25.4 Å². The maximum absolute atomic E-state index is 10.3. The fraction of sp³-hybridized carbons (Fsp3) is 0.632. The molecule has 0 aliphatic carbocycles. The highest BCUT2D eigenvalue weighted by atomic mass is 16.3. The number of aliphatic hydroxyl groups is 1. The van der Waals surface area contributed by atoms with E-state index in [-0.39, 0.29) is 0 Å². The average molecular weight is 300 g/mol. The molecule has 0 amide bonds. The van der Waals surface area contributed by atoms with E-state index in [2.05, 4.69) is 34.7 Å². The lowest BCUT2D eigenvalue weighted by Crippen LogP contribution is -2.34. The van der Waals surface area contributed by atoms with Crippen LogP contribution in [0.3, 0.4) is 0 Å². The molecule has 120 valence electrons. The Morgan fingerprint density at radius 2 is 2.32 bits per heavy atom. The van der Waals surface area contributed by atoms with Crippen molar-refractivity contribution < 1.29 is 5.11 Å². The van der Waals surface area contributed by atoms with Gasteiger partial charge in [-0.15, -0.1) is 0 Å². The molecular formula is C19H28N2O. The van der Waals surface area contributed by atoms with E-state index < -0.39 is 5.60 Å². The molecule has 2 rings (SSSR count). The highest BCUT2D eigenvalue weighted by Gasteiger charge is 2.23. The summed E-state index contributed by atoms with van der Waals surface area (Å²) in [5.41, 5.74) is 0.428. The minimum atomic E-state index is -0.852. The minimum Gasteiger partial charge on any atom is -0.378 e. The number of aromatic nitrogens is 1. The summed E-state index contributed by atoms with van der Waals surface area (Å²) in [6.45, 7) is 5.76. The number of unbranched alkanes of at least 4 members (excludes halogenated alkanes) is 1. The Labute approximate surface area is 134 Å². The largest absolute Gasteiger partial charge is 0.378 e. The molecule has 0 aromatic carbocycles. The molecular weight excluding hydrogens is 272 g/mol. The van der Waals surface area contributed by atoms with Gasteiger partial charge in [0.25, 0.3) is 0 Å². The summed E-state index contributed by atoms with van der Waals surface area (Å²) in [5.74, 6) is 6.27. The Morgan fingerprint density at radius 3 is 3.05 bits per heavy atom. The van der Waals surface area contributed by atoms with Gasteiger partial charge in [-0.3, -0.25) is 9.88 Å². The number of likely N-dealkylation sites (tertiary alicyclic amines) is 1. The third-order valence-electron chi connectivity index (χ3n) is 4.34. The zero-order chi connectivity index (χ0) is 15.8. The van der Waals surface area contributed by atoms with Crippen LogP contribution in [0.1, 0.15) is 64.0 Å². The number of piperidine rings is 1. The third-order valence-corrected chi connectivity index (χ3v) is 4.34. The SMILES string of the molecule is CCCC[C@@](C)(O)C#CCN1CCCC[C@@H]1c1cccnc1. The number of hydrogen-bond acceptors (Lipinski definition) is 3. The predicted octanol–water partition coefficient (Wildman–Crippen LogP) is 3.55. The molecule has 0 unspecified atom stereocenters. The Balaban J connectivity index is 1.98. The van der Waals surface area contributed by atoms with Gasteiger partial charge in [-0.1, -0.05) is 37.7 Å². The highest BCUT2D eigenvalue weighted by molar-refractivity contribution is 5.17. The van der Waals surface area contributed by atoms with Crippen molar-refractivity contribution in [1.82, 2.24) is 9.88 Å². The van der Waals surface area contributed by atoms with E-state index in [0.29, 0.717) is 6.04 Å². The molecule has 0 spiro atoms. The molecule has 2 heterocycles. The van der Waals surface area contributed by atoms with Crippen LogP contribution in [0.15, 0.2) is 24.5 Å². The summed E-state index contributed by atoms with van der Waals surface area (Å²) < 4.78 is 0. The zero-order valence-electron chi connectivity index (χ0n) is 13.9. The van der Waals surface area contributed by atoms with E-state index >= 15 is 0 Å². The smallest absolute Gasteiger partial charge is 0.122 e. The van der Waals surface area contributed by atoms with Crippen LogP contribution < -0.4 is 0 Å². The number of nitrogens with zero attached hydrogens (tertiary/aromatic N) is 2. The first-order chi connectivity index (χ1) is 10.6. The second-order valence-corrected chi connectivity index (χ2v) is 6.45. The molecule has 1 saturated heterocycles. The van der Waals surface area contributed by atoms with Gasteiger partial charge in [0, 0.05) is 18.4 Å². The normalized spacial score (nSPS) is 21.7. The van der Waals surface area contributed by atoms with Crippen molar-refractivity contribution in [1.29, 1.82) is 0 Å². The van der Waals surface area contributed by atoms with Gasteiger partial charge in [0.15, 0.2) is 0 Å². The van der Waals surface area contributed by atoms with Crippen LogP contribution in [0.4, 0.5) is 0 Å².